The summed E-state index contributed by atoms with van der Waals surface area (Å²) in [6, 6.07) is 6.82. The third kappa shape index (κ3) is 3.36. The summed E-state index contributed by atoms with van der Waals surface area (Å²) in [6.07, 6.45) is 1.83. The van der Waals surface area contributed by atoms with Crippen LogP contribution in [0.1, 0.15) is 9.88 Å². The topological polar surface area (TPSA) is 62.3 Å². The summed E-state index contributed by atoms with van der Waals surface area (Å²) in [4.78, 5) is 5.58. The van der Waals surface area contributed by atoms with Crippen molar-refractivity contribution < 1.29 is 8.42 Å². The van der Waals surface area contributed by atoms with Gasteiger partial charge in [-0.25, -0.2) is 17.7 Å². The number of aryl methyl sites for hydroxylation is 1. The van der Waals surface area contributed by atoms with Crippen LogP contribution in [0, 0.1) is 6.92 Å². The lowest BCUT2D eigenvalue weighted by atomic mass is 10.3. The fraction of sp³-hybridized carbons (Fsp3) is 0.308. The highest BCUT2D eigenvalue weighted by molar-refractivity contribution is 7.89. The van der Waals surface area contributed by atoms with E-state index >= 15 is 0 Å². The number of hydrogen-bond acceptors (Lipinski definition) is 5. The van der Waals surface area contributed by atoms with Gasteiger partial charge in [-0.1, -0.05) is 6.07 Å². The fourth-order valence-corrected chi connectivity index (χ4v) is 3.34. The van der Waals surface area contributed by atoms with E-state index in [9.17, 15) is 8.42 Å². The van der Waals surface area contributed by atoms with Crippen molar-refractivity contribution in [1.29, 1.82) is 0 Å². The standard InChI is InChI=1S/C13H17N3O2S2/c1-10-14-8-12(19-10)9-15-11-5-4-6-13(7-11)20(17,18)16(2)3/h4-8,15H,9H2,1-3H3. The lowest BCUT2D eigenvalue weighted by molar-refractivity contribution is 0.521. The fourth-order valence-electron chi connectivity index (χ4n) is 1.65. The maximum absolute atomic E-state index is 12.1. The first-order chi connectivity index (χ1) is 9.39. The van der Waals surface area contributed by atoms with Gasteiger partial charge in [-0.3, -0.25) is 0 Å². The lowest BCUT2D eigenvalue weighted by Gasteiger charge is -2.12. The Labute approximate surface area is 123 Å². The zero-order valence-corrected chi connectivity index (χ0v) is 13.3. The zero-order chi connectivity index (χ0) is 14.8. The van der Waals surface area contributed by atoms with Crippen molar-refractivity contribution in [1.82, 2.24) is 9.29 Å². The van der Waals surface area contributed by atoms with Crippen LogP contribution in [0.5, 0.6) is 0 Å². The van der Waals surface area contributed by atoms with Crippen molar-refractivity contribution in [2.75, 3.05) is 19.4 Å². The van der Waals surface area contributed by atoms with Crippen LogP contribution in [0.4, 0.5) is 5.69 Å². The average Bonchev–Trinajstić information content (AvgIpc) is 2.82. The van der Waals surface area contributed by atoms with Crippen LogP contribution in [0.3, 0.4) is 0 Å². The van der Waals surface area contributed by atoms with Crippen molar-refractivity contribution in [3.63, 3.8) is 0 Å². The van der Waals surface area contributed by atoms with Gasteiger partial charge in [0.15, 0.2) is 0 Å². The summed E-state index contributed by atoms with van der Waals surface area (Å²) in [7, 11) is -0.348. The molecule has 0 saturated carbocycles. The first-order valence-electron chi connectivity index (χ1n) is 6.07. The van der Waals surface area contributed by atoms with Crippen LogP contribution in [0.15, 0.2) is 35.4 Å². The highest BCUT2D eigenvalue weighted by Crippen LogP contribution is 2.19. The van der Waals surface area contributed by atoms with Gasteiger partial charge in [0.05, 0.1) is 16.4 Å². The minimum Gasteiger partial charge on any atom is -0.380 e. The van der Waals surface area contributed by atoms with E-state index in [2.05, 4.69) is 10.3 Å². The summed E-state index contributed by atoms with van der Waals surface area (Å²) in [5, 5.41) is 4.23. The van der Waals surface area contributed by atoms with E-state index in [1.54, 1.807) is 29.5 Å². The van der Waals surface area contributed by atoms with Crippen LogP contribution < -0.4 is 5.32 Å². The molecule has 1 aromatic heterocycles. The molecule has 0 radical (unpaired) electrons. The predicted molar refractivity (Wildman–Crippen MR) is 81.5 cm³/mol. The van der Waals surface area contributed by atoms with Gasteiger partial charge in [-0.2, -0.15) is 0 Å². The molecule has 0 aliphatic carbocycles. The molecule has 0 aliphatic heterocycles. The van der Waals surface area contributed by atoms with E-state index < -0.39 is 10.0 Å². The van der Waals surface area contributed by atoms with Gasteiger partial charge in [-0.05, 0) is 25.1 Å². The number of rotatable bonds is 5. The molecule has 1 aromatic carbocycles. The van der Waals surface area contributed by atoms with E-state index in [1.165, 1.54) is 18.4 Å². The third-order valence-electron chi connectivity index (χ3n) is 2.75. The number of nitrogens with one attached hydrogen (secondary N) is 1. The highest BCUT2D eigenvalue weighted by atomic mass is 32.2. The van der Waals surface area contributed by atoms with Crippen molar-refractivity contribution in [2.45, 2.75) is 18.4 Å². The molecule has 1 N–H and O–H groups in total. The second kappa shape index (κ2) is 5.90. The number of aromatic nitrogens is 1. The van der Waals surface area contributed by atoms with Crippen LogP contribution in [-0.4, -0.2) is 31.8 Å². The monoisotopic (exact) mass is 311 g/mol. The van der Waals surface area contributed by atoms with Crippen LogP contribution >= 0.6 is 11.3 Å². The van der Waals surface area contributed by atoms with Crippen molar-refractivity contribution in [2.24, 2.45) is 0 Å². The number of thiazole rings is 1. The summed E-state index contributed by atoms with van der Waals surface area (Å²) < 4.78 is 25.3. The Morgan fingerprint density at radius 1 is 1.35 bits per heavy atom. The van der Waals surface area contributed by atoms with Gasteiger partial charge in [0.25, 0.3) is 0 Å². The quantitative estimate of drug-likeness (QED) is 0.920. The molecule has 2 rings (SSSR count). The van der Waals surface area contributed by atoms with Crippen LogP contribution in [0.25, 0.3) is 0 Å². The van der Waals surface area contributed by atoms with Crippen molar-refractivity contribution in [3.8, 4) is 0 Å². The molecule has 108 valence electrons. The highest BCUT2D eigenvalue weighted by Gasteiger charge is 2.17. The molecule has 0 unspecified atom stereocenters. The third-order valence-corrected chi connectivity index (χ3v) is 5.47. The van der Waals surface area contributed by atoms with Crippen molar-refractivity contribution >= 4 is 27.0 Å². The predicted octanol–water partition coefficient (Wildman–Crippen LogP) is 2.31. The molecule has 5 nitrogen and oxygen atoms in total. The molecule has 0 atom stereocenters. The summed E-state index contributed by atoms with van der Waals surface area (Å²) in [6.45, 7) is 2.59. The van der Waals surface area contributed by atoms with E-state index in [0.717, 1.165) is 15.6 Å². The number of sulfonamides is 1. The minimum absolute atomic E-state index is 0.285. The number of hydrogen-bond donors (Lipinski definition) is 1. The Hall–Kier alpha value is -1.44. The first-order valence-corrected chi connectivity index (χ1v) is 8.33. The Balaban J connectivity index is 2.14. The lowest BCUT2D eigenvalue weighted by Crippen LogP contribution is -2.22. The normalized spacial score (nSPS) is 11.8. The van der Waals surface area contributed by atoms with Gasteiger partial charge in [-0.15, -0.1) is 11.3 Å². The molecule has 0 saturated heterocycles. The largest absolute Gasteiger partial charge is 0.380 e. The van der Waals surface area contributed by atoms with Gasteiger partial charge in [0.1, 0.15) is 0 Å². The van der Waals surface area contributed by atoms with E-state index in [4.69, 9.17) is 0 Å². The Morgan fingerprint density at radius 3 is 2.70 bits per heavy atom. The molecule has 0 aliphatic rings. The second-order valence-corrected chi connectivity index (χ2v) is 7.99. The van der Waals surface area contributed by atoms with Gasteiger partial charge in [0, 0.05) is 30.9 Å². The van der Waals surface area contributed by atoms with E-state index in [0.29, 0.717) is 6.54 Å². The van der Waals surface area contributed by atoms with Crippen LogP contribution in [-0.2, 0) is 16.6 Å². The molecule has 0 spiro atoms. The minimum atomic E-state index is -3.39. The molecule has 2 aromatic rings. The molecule has 20 heavy (non-hydrogen) atoms. The Kier molecular flexibility index (Phi) is 4.42. The zero-order valence-electron chi connectivity index (χ0n) is 11.6. The number of benzene rings is 1. The summed E-state index contributed by atoms with van der Waals surface area (Å²) in [5.74, 6) is 0. The average molecular weight is 311 g/mol. The van der Waals surface area contributed by atoms with Crippen LogP contribution in [0.2, 0.25) is 0 Å². The van der Waals surface area contributed by atoms with Gasteiger partial charge >= 0.3 is 0 Å². The molecule has 1 heterocycles. The molecular formula is C13H17N3O2S2. The summed E-state index contributed by atoms with van der Waals surface area (Å²) >= 11 is 1.62. The van der Waals surface area contributed by atoms with Gasteiger partial charge in [0.2, 0.25) is 10.0 Å². The smallest absolute Gasteiger partial charge is 0.242 e. The molecular weight excluding hydrogens is 294 g/mol. The SMILES string of the molecule is Cc1ncc(CNc2cccc(S(=O)(=O)N(C)C)c2)s1. The Morgan fingerprint density at radius 2 is 2.10 bits per heavy atom. The Bertz CT molecular complexity index is 693. The maximum Gasteiger partial charge on any atom is 0.242 e. The number of anilines is 1. The molecule has 0 amide bonds. The van der Waals surface area contributed by atoms with Crippen molar-refractivity contribution in [3.05, 3.63) is 40.3 Å². The second-order valence-electron chi connectivity index (χ2n) is 4.51. The summed E-state index contributed by atoms with van der Waals surface area (Å²) in [5.41, 5.74) is 0.777. The van der Waals surface area contributed by atoms with E-state index in [1.807, 2.05) is 19.2 Å². The molecule has 7 heteroatoms. The molecule has 0 bridgehead atoms. The number of nitrogens with zero attached hydrogens (tertiary/aromatic N) is 2. The molecule has 0 fully saturated rings. The first kappa shape index (κ1) is 15.0. The maximum atomic E-state index is 12.1. The van der Waals surface area contributed by atoms with Gasteiger partial charge < -0.3 is 5.32 Å². The van der Waals surface area contributed by atoms with E-state index in [-0.39, 0.29) is 4.90 Å².